The average molecular weight is 769 g/mol. The van der Waals surface area contributed by atoms with Crippen LogP contribution in [0, 0.1) is 0 Å². The number of nitrogens with zero attached hydrogens (tertiary/aromatic N) is 4. The number of rotatable bonds is 4. The van der Waals surface area contributed by atoms with Gasteiger partial charge in [0.1, 0.15) is 0 Å². The summed E-state index contributed by atoms with van der Waals surface area (Å²) < 4.78 is 7.24. The molecule has 274 valence electrons. The van der Waals surface area contributed by atoms with Crippen molar-refractivity contribution in [2.45, 2.75) is 0 Å². The fourth-order valence-corrected chi connectivity index (χ4v) is 10.6. The molecule has 0 saturated carbocycles. The number of aromatic nitrogens is 4. The average Bonchev–Trinajstić information content (AvgIpc) is 3.96. The van der Waals surface area contributed by atoms with E-state index in [4.69, 9.17) is 9.97 Å². The van der Waals surface area contributed by atoms with Crippen molar-refractivity contribution in [1.82, 2.24) is 19.1 Å². The Hall–Kier alpha value is -7.60. The minimum Gasteiger partial charge on any atom is -0.309 e. The van der Waals surface area contributed by atoms with E-state index >= 15 is 0 Å². The lowest BCUT2D eigenvalue weighted by atomic mass is 10.0. The molecule has 0 spiro atoms. The number of hydrogen-bond donors (Lipinski definition) is 0. The maximum Gasteiger partial charge on any atom is 0.235 e. The van der Waals surface area contributed by atoms with Crippen molar-refractivity contribution in [3.63, 3.8) is 0 Å². The van der Waals surface area contributed by atoms with Gasteiger partial charge >= 0.3 is 0 Å². The third-order valence-electron chi connectivity index (χ3n) is 12.1. The van der Waals surface area contributed by atoms with Gasteiger partial charge in [0.25, 0.3) is 0 Å². The van der Waals surface area contributed by atoms with E-state index in [-0.39, 0.29) is 0 Å². The molecule has 4 aromatic heterocycles. The number of thiophene rings is 1. The summed E-state index contributed by atoms with van der Waals surface area (Å²) in [5.41, 5.74) is 10.9. The zero-order valence-corrected chi connectivity index (χ0v) is 32.5. The molecule has 0 bridgehead atoms. The summed E-state index contributed by atoms with van der Waals surface area (Å²) in [5.74, 6) is 0.655. The zero-order valence-electron chi connectivity index (χ0n) is 31.7. The van der Waals surface area contributed by atoms with Crippen LogP contribution in [0.15, 0.2) is 194 Å². The molecule has 0 aliphatic carbocycles. The third kappa shape index (κ3) is 4.83. The molecule has 0 N–H and O–H groups in total. The van der Waals surface area contributed by atoms with E-state index in [1.807, 2.05) is 11.3 Å². The fourth-order valence-electron chi connectivity index (χ4n) is 9.44. The maximum atomic E-state index is 5.42. The molecule has 13 rings (SSSR count). The van der Waals surface area contributed by atoms with Gasteiger partial charge < -0.3 is 4.57 Å². The summed E-state index contributed by atoms with van der Waals surface area (Å²) in [6, 6.07) is 70.1. The van der Waals surface area contributed by atoms with E-state index in [1.165, 1.54) is 74.6 Å². The second kappa shape index (κ2) is 12.4. The normalized spacial score (nSPS) is 12.1. The summed E-state index contributed by atoms with van der Waals surface area (Å²) in [6.07, 6.45) is 0. The minimum atomic E-state index is 0.655. The molecule has 5 heteroatoms. The molecule has 4 nitrogen and oxygen atoms in total. The van der Waals surface area contributed by atoms with E-state index in [0.717, 1.165) is 38.9 Å². The van der Waals surface area contributed by atoms with Gasteiger partial charge in [0.2, 0.25) is 5.95 Å². The lowest BCUT2D eigenvalue weighted by molar-refractivity contribution is 1.01. The van der Waals surface area contributed by atoms with Gasteiger partial charge in [-0.15, -0.1) is 11.3 Å². The smallest absolute Gasteiger partial charge is 0.235 e. The van der Waals surface area contributed by atoms with Crippen LogP contribution in [0.1, 0.15) is 0 Å². The van der Waals surface area contributed by atoms with Gasteiger partial charge in [0.15, 0.2) is 0 Å². The van der Waals surface area contributed by atoms with Gasteiger partial charge in [0, 0.05) is 58.4 Å². The van der Waals surface area contributed by atoms with Crippen molar-refractivity contribution < 1.29 is 0 Å². The molecule has 9 aromatic carbocycles. The summed E-state index contributed by atoms with van der Waals surface area (Å²) in [4.78, 5) is 10.7. The first-order valence-corrected chi connectivity index (χ1v) is 20.8. The summed E-state index contributed by atoms with van der Waals surface area (Å²) in [7, 11) is 0. The number of benzene rings is 9. The molecule has 59 heavy (non-hydrogen) atoms. The van der Waals surface area contributed by atoms with Crippen molar-refractivity contribution in [1.29, 1.82) is 0 Å². The monoisotopic (exact) mass is 768 g/mol. The second-order valence-corrected chi connectivity index (χ2v) is 16.4. The highest BCUT2D eigenvalue weighted by Gasteiger charge is 2.19. The molecule has 0 unspecified atom stereocenters. The molecule has 4 heterocycles. The van der Waals surface area contributed by atoms with E-state index in [9.17, 15) is 0 Å². The van der Waals surface area contributed by atoms with Crippen LogP contribution in [0.2, 0.25) is 0 Å². The van der Waals surface area contributed by atoms with E-state index in [0.29, 0.717) is 5.95 Å². The van der Waals surface area contributed by atoms with Gasteiger partial charge in [-0.3, -0.25) is 4.57 Å². The lowest BCUT2D eigenvalue weighted by Gasteiger charge is -2.13. The Labute approximate surface area is 342 Å². The van der Waals surface area contributed by atoms with Gasteiger partial charge in [-0.2, -0.15) is 0 Å². The van der Waals surface area contributed by atoms with Crippen molar-refractivity contribution in [3.05, 3.63) is 194 Å². The fraction of sp³-hybridized carbons (Fsp3) is 0. The van der Waals surface area contributed by atoms with E-state index in [2.05, 4.69) is 203 Å². The van der Waals surface area contributed by atoms with Crippen molar-refractivity contribution >= 4 is 96.8 Å². The molecular formula is C54H32N4S. The van der Waals surface area contributed by atoms with Crippen LogP contribution >= 0.6 is 11.3 Å². The Morgan fingerprint density at radius 3 is 1.83 bits per heavy atom. The molecule has 0 aliphatic rings. The Bertz CT molecular complexity index is 3850. The quantitative estimate of drug-likeness (QED) is 0.179. The minimum absolute atomic E-state index is 0.655. The molecule has 0 radical (unpaired) electrons. The van der Waals surface area contributed by atoms with Crippen molar-refractivity contribution in [3.8, 4) is 34.0 Å². The molecule has 0 atom stereocenters. The number of fused-ring (bicyclic) bond motifs is 12. The lowest BCUT2D eigenvalue weighted by Crippen LogP contribution is -2.03. The van der Waals surface area contributed by atoms with E-state index in [1.54, 1.807) is 0 Å². The zero-order chi connectivity index (χ0) is 38.6. The molecular weight excluding hydrogens is 737 g/mol. The highest BCUT2D eigenvalue weighted by atomic mass is 32.1. The molecule has 0 fully saturated rings. The first-order valence-electron chi connectivity index (χ1n) is 20.0. The van der Waals surface area contributed by atoms with Crippen LogP contribution in [-0.4, -0.2) is 19.1 Å². The Kier molecular flexibility index (Phi) is 6.85. The van der Waals surface area contributed by atoms with Gasteiger partial charge in [-0.05, 0) is 82.6 Å². The van der Waals surface area contributed by atoms with E-state index < -0.39 is 0 Å². The predicted molar refractivity (Wildman–Crippen MR) is 249 cm³/mol. The van der Waals surface area contributed by atoms with Crippen LogP contribution in [0.5, 0.6) is 0 Å². The first-order chi connectivity index (χ1) is 29.2. The second-order valence-electron chi connectivity index (χ2n) is 15.4. The number of hydrogen-bond acceptors (Lipinski definition) is 3. The highest BCUT2D eigenvalue weighted by Crippen LogP contribution is 2.40. The summed E-state index contributed by atoms with van der Waals surface area (Å²) >= 11 is 1.86. The Morgan fingerprint density at radius 2 is 0.966 bits per heavy atom. The Morgan fingerprint density at radius 1 is 0.356 bits per heavy atom. The van der Waals surface area contributed by atoms with Crippen LogP contribution in [0.3, 0.4) is 0 Å². The molecule has 0 amide bonds. The predicted octanol–water partition coefficient (Wildman–Crippen LogP) is 14.7. The SMILES string of the molecule is c1ccc2c(c1)ccc1c2c2ccccc2n1-c1ccc(-c2nc(-n3c4ccccc4c4cc(-c5ccc6c(c5)sc5ccccc56)ccc43)nc3ccccc23)cc1. The maximum absolute atomic E-state index is 5.42. The third-order valence-corrected chi connectivity index (χ3v) is 13.3. The molecule has 0 saturated heterocycles. The van der Waals surface area contributed by atoms with Crippen LogP contribution in [0.4, 0.5) is 0 Å². The Balaban J connectivity index is 0.960. The topological polar surface area (TPSA) is 35.6 Å². The molecule has 13 aromatic rings. The summed E-state index contributed by atoms with van der Waals surface area (Å²) in [5, 5.41) is 11.1. The van der Waals surface area contributed by atoms with Crippen molar-refractivity contribution in [2.75, 3.05) is 0 Å². The van der Waals surface area contributed by atoms with Crippen LogP contribution in [-0.2, 0) is 0 Å². The van der Waals surface area contributed by atoms with Crippen molar-refractivity contribution in [2.24, 2.45) is 0 Å². The largest absolute Gasteiger partial charge is 0.309 e. The molecule has 0 aliphatic heterocycles. The van der Waals surface area contributed by atoms with Gasteiger partial charge in [0.05, 0.1) is 33.3 Å². The van der Waals surface area contributed by atoms with Crippen LogP contribution < -0.4 is 0 Å². The standard InChI is InChI=1S/C54H32N4S/c1-2-12-38-33(11-1)24-30-49-52(38)43-16-5-9-19-47(43)57(49)37-26-21-34(22-27-37)53-42-15-3-7-17-45(42)55-54(56-53)58-46-18-8-4-13-39(46)44-31-35(25-29-48(44)58)36-23-28-41-40-14-6-10-20-50(40)59-51(41)32-36/h1-32H. The van der Waals surface area contributed by atoms with Crippen LogP contribution in [0.25, 0.3) is 119 Å². The highest BCUT2D eigenvalue weighted by molar-refractivity contribution is 7.25. The summed E-state index contributed by atoms with van der Waals surface area (Å²) in [6.45, 7) is 0. The number of para-hydroxylation sites is 3. The van der Waals surface area contributed by atoms with Gasteiger partial charge in [-0.1, -0.05) is 133 Å². The van der Waals surface area contributed by atoms with Gasteiger partial charge in [-0.25, -0.2) is 9.97 Å². The first kappa shape index (κ1) is 32.5.